The van der Waals surface area contributed by atoms with Crippen LogP contribution in [0.5, 0.6) is 0 Å². The van der Waals surface area contributed by atoms with Gasteiger partial charge >= 0.3 is 0 Å². The first-order chi connectivity index (χ1) is 38.4. The van der Waals surface area contributed by atoms with Crippen molar-refractivity contribution >= 4 is 0 Å². The van der Waals surface area contributed by atoms with Crippen LogP contribution < -0.4 is 0 Å². The number of ether oxygens (including phenoxy) is 2. The van der Waals surface area contributed by atoms with Crippen LogP contribution in [-0.4, -0.2) is 238 Å². The molecule has 8 aliphatic heterocycles. The van der Waals surface area contributed by atoms with Gasteiger partial charge in [0.15, 0.2) is 0 Å². The van der Waals surface area contributed by atoms with Gasteiger partial charge in [0.25, 0.3) is 0 Å². The van der Waals surface area contributed by atoms with Gasteiger partial charge in [0, 0.05) is 70.5 Å². The Morgan fingerprint density at radius 1 is 0.407 bits per heavy atom. The third-order valence-corrected chi connectivity index (χ3v) is 16.1. The van der Waals surface area contributed by atoms with Gasteiger partial charge in [0.2, 0.25) is 0 Å². The molecule has 488 valence electrons. The topological polar surface area (TPSA) is 64.6 Å². The molecule has 8 fully saturated rings. The summed E-state index contributed by atoms with van der Waals surface area (Å²) in [5.74, 6) is 4.10. The molecule has 8 saturated heterocycles. The lowest BCUT2D eigenvalue weighted by Crippen LogP contribution is -2.41. The molecule has 11 nitrogen and oxygen atoms in total. The molecule has 0 spiro atoms. The molecule has 8 rings (SSSR count). The highest BCUT2D eigenvalue weighted by Gasteiger charge is 2.22. The fraction of sp³-hybridized carbons (Fsp3) is 1.00. The summed E-state index contributed by atoms with van der Waals surface area (Å²) in [5.41, 5.74) is 0. The van der Waals surface area contributed by atoms with Crippen LogP contribution in [0.2, 0.25) is 0 Å². The zero-order chi connectivity index (χ0) is 61.0. The maximum atomic E-state index is 12.6. The van der Waals surface area contributed by atoms with E-state index in [1.165, 1.54) is 188 Å². The minimum absolute atomic E-state index is 0.228. The number of halogens is 1. The van der Waals surface area contributed by atoms with Crippen molar-refractivity contribution in [2.75, 3.05) is 157 Å². The standard InChI is InChI=1S/C10H21N.C9H19N.C8H16FN.C8H17N.C7H15NO.2C7H15N.C7H16O2.C6H13N/c1-10(2)6-9-11-7-4-3-5-8-11;1-9(2)8-10-6-4-3-5-7-10;1-7(2)5-10-4-3-8(9)6-10;1-8(2)7-9-5-3-4-6-9;1-7(2)8-3-5-9-6-4-8;1-7(2)6-8-4-3-5-8;1-7(2)8-5-3-4-6-8;1-4-7(8)5-9-6(2)3;1-6(2)7-4-3-5-7/h10H,3-9H2,1-2H3;9H,3-8H2,1-2H3;7-8H,3-6H2,1-2H3;8H,3-7H2,1-2H3;7H,3-6H2,1-2H3;2*7H,3-6H2,1-2H3;6-8H,4-5H2,1-3H3;6H,3-5H2,1-2H3. The van der Waals surface area contributed by atoms with Gasteiger partial charge in [-0.25, -0.2) is 4.39 Å². The van der Waals surface area contributed by atoms with Gasteiger partial charge in [-0.3, -0.25) is 4.90 Å². The second-order valence-electron chi connectivity index (χ2n) is 28.3. The van der Waals surface area contributed by atoms with Crippen molar-refractivity contribution in [2.45, 2.75) is 264 Å². The van der Waals surface area contributed by atoms with E-state index in [0.29, 0.717) is 25.1 Å². The van der Waals surface area contributed by atoms with Crippen molar-refractivity contribution in [3.8, 4) is 0 Å². The Balaban J connectivity index is 0.000000891. The highest BCUT2D eigenvalue weighted by molar-refractivity contribution is 4.76. The number of piperidine rings is 2. The predicted molar refractivity (Wildman–Crippen MR) is 354 cm³/mol. The summed E-state index contributed by atoms with van der Waals surface area (Å²) < 4.78 is 22.9. The van der Waals surface area contributed by atoms with Gasteiger partial charge in [-0.05, 0) is 254 Å². The fourth-order valence-electron chi connectivity index (χ4n) is 10.9. The lowest BCUT2D eigenvalue weighted by atomic mass is 10.1. The third kappa shape index (κ3) is 49.2. The van der Waals surface area contributed by atoms with Gasteiger partial charge in [-0.15, -0.1) is 0 Å². The van der Waals surface area contributed by atoms with Crippen LogP contribution in [0.25, 0.3) is 0 Å². The average molecular weight is 1160 g/mol. The molecule has 12 heteroatoms. The molecule has 81 heavy (non-hydrogen) atoms. The Labute approximate surface area is 507 Å². The van der Waals surface area contributed by atoms with E-state index in [9.17, 15) is 4.39 Å². The Morgan fingerprint density at radius 2 is 0.741 bits per heavy atom. The summed E-state index contributed by atoms with van der Waals surface area (Å²) in [4.78, 5) is 19.9. The van der Waals surface area contributed by atoms with E-state index in [-0.39, 0.29) is 12.2 Å². The average Bonchev–Trinajstić information content (AvgIpc) is 4.20. The third-order valence-electron chi connectivity index (χ3n) is 16.1. The van der Waals surface area contributed by atoms with E-state index in [2.05, 4.69) is 150 Å². The number of nitrogens with zero attached hydrogens (tertiary/aromatic N) is 8. The molecule has 0 aliphatic carbocycles. The van der Waals surface area contributed by atoms with E-state index < -0.39 is 6.17 Å². The van der Waals surface area contributed by atoms with Crippen LogP contribution in [0, 0.1) is 29.6 Å². The minimum Gasteiger partial charge on any atom is -0.391 e. The molecule has 8 aliphatic rings. The fourth-order valence-corrected chi connectivity index (χ4v) is 10.9. The monoisotopic (exact) mass is 1160 g/mol. The summed E-state index contributed by atoms with van der Waals surface area (Å²) in [6, 6.07) is 2.25. The van der Waals surface area contributed by atoms with Crippen LogP contribution >= 0.6 is 0 Å². The molecular formula is C69H147FN8O3. The van der Waals surface area contributed by atoms with Crippen molar-refractivity contribution < 1.29 is 19.0 Å². The van der Waals surface area contributed by atoms with Crippen molar-refractivity contribution in [3.63, 3.8) is 0 Å². The largest absolute Gasteiger partial charge is 0.391 e. The van der Waals surface area contributed by atoms with Crippen molar-refractivity contribution in [3.05, 3.63) is 0 Å². The van der Waals surface area contributed by atoms with E-state index in [1.54, 1.807) is 0 Å². The van der Waals surface area contributed by atoms with Gasteiger partial charge in [0.1, 0.15) is 6.17 Å². The molecule has 1 N–H and O–H groups in total. The Hall–Kier alpha value is -0.510. The molecule has 0 aromatic heterocycles. The molecule has 0 saturated carbocycles. The molecule has 0 radical (unpaired) electrons. The summed E-state index contributed by atoms with van der Waals surface area (Å²) in [5, 5.41) is 8.98. The molecule has 0 amide bonds. The normalized spacial score (nSPS) is 21.9. The predicted octanol–water partition coefficient (Wildman–Crippen LogP) is 13.9. The summed E-state index contributed by atoms with van der Waals surface area (Å²) >= 11 is 0. The van der Waals surface area contributed by atoms with Gasteiger partial charge in [-0.1, -0.05) is 89.0 Å². The van der Waals surface area contributed by atoms with Gasteiger partial charge < -0.3 is 48.9 Å². The molecule has 2 atom stereocenters. The lowest BCUT2D eigenvalue weighted by molar-refractivity contribution is 0.00464. The van der Waals surface area contributed by atoms with E-state index in [4.69, 9.17) is 14.6 Å². The van der Waals surface area contributed by atoms with Crippen LogP contribution in [0.15, 0.2) is 0 Å². The van der Waals surface area contributed by atoms with Gasteiger partial charge in [-0.2, -0.15) is 0 Å². The van der Waals surface area contributed by atoms with Crippen LogP contribution in [0.1, 0.15) is 228 Å². The van der Waals surface area contributed by atoms with E-state index >= 15 is 0 Å². The maximum Gasteiger partial charge on any atom is 0.114 e. The van der Waals surface area contributed by atoms with Crippen LogP contribution in [-0.2, 0) is 9.47 Å². The Morgan fingerprint density at radius 3 is 1.01 bits per heavy atom. The molecule has 8 heterocycles. The molecule has 0 bridgehead atoms. The maximum absolute atomic E-state index is 12.6. The van der Waals surface area contributed by atoms with Crippen LogP contribution in [0.3, 0.4) is 0 Å². The summed E-state index contributed by atoms with van der Waals surface area (Å²) in [7, 11) is 0. The molecule has 0 aromatic carbocycles. The minimum atomic E-state index is -0.557. The highest BCUT2D eigenvalue weighted by atomic mass is 19.1. The number of alkyl halides is 1. The smallest absolute Gasteiger partial charge is 0.114 e. The number of aliphatic hydroxyl groups excluding tert-OH is 1. The van der Waals surface area contributed by atoms with E-state index in [1.807, 2.05) is 20.8 Å². The zero-order valence-corrected chi connectivity index (χ0v) is 58.1. The second kappa shape index (κ2) is 51.5. The lowest BCUT2D eigenvalue weighted by Gasteiger charge is -2.34. The number of hydrogen-bond donors (Lipinski definition) is 1. The zero-order valence-electron chi connectivity index (χ0n) is 58.1. The Bertz CT molecular complexity index is 1290. The Kier molecular flexibility index (Phi) is 51.2. The highest BCUT2D eigenvalue weighted by Crippen LogP contribution is 2.16. The van der Waals surface area contributed by atoms with E-state index in [0.717, 1.165) is 88.0 Å². The van der Waals surface area contributed by atoms with Crippen molar-refractivity contribution in [1.82, 2.24) is 39.2 Å². The number of morpholine rings is 1. The number of hydrogen-bond acceptors (Lipinski definition) is 11. The first-order valence-corrected chi connectivity index (χ1v) is 34.8. The number of rotatable bonds is 18. The number of likely N-dealkylation sites (tertiary alicyclic amines) is 7. The van der Waals surface area contributed by atoms with Crippen molar-refractivity contribution in [1.29, 1.82) is 0 Å². The van der Waals surface area contributed by atoms with Crippen LogP contribution in [0.4, 0.5) is 4.39 Å². The first kappa shape index (κ1) is 80.5. The summed E-state index contributed by atoms with van der Waals surface area (Å²) in [6.07, 6.45) is 19.4. The van der Waals surface area contributed by atoms with Gasteiger partial charge in [0.05, 0.1) is 32.0 Å². The SMILES string of the molecule is CC(C)CCN1CCCCC1.CC(C)CN1CCC(F)C1.CC(C)CN1CCC1.CC(C)CN1CCCC1.CC(C)CN1CCCCC1.CC(C)N1CCC1.CC(C)N1CCCC1.CC(C)N1CCOCC1.CCC(O)COC(C)C. The molecule has 2 unspecified atom stereocenters. The molecule has 0 aromatic rings. The quantitative estimate of drug-likeness (QED) is 0.143. The van der Waals surface area contributed by atoms with Crippen molar-refractivity contribution in [2.24, 2.45) is 29.6 Å². The second-order valence-corrected chi connectivity index (χ2v) is 28.3. The first-order valence-electron chi connectivity index (χ1n) is 34.8. The number of aliphatic hydroxyl groups is 1. The molecular weight excluding hydrogens is 1010 g/mol. The summed E-state index contributed by atoms with van der Waals surface area (Å²) in [6.45, 7) is 70.6.